The number of hydrogen-bond acceptors (Lipinski definition) is 9. The summed E-state index contributed by atoms with van der Waals surface area (Å²) in [6.45, 7) is 5.84. The average molecular weight is 481 g/mol. The van der Waals surface area contributed by atoms with Crippen LogP contribution in [0.4, 0.5) is 10.7 Å². The molecule has 0 aliphatic carbocycles. The zero-order valence-electron chi connectivity index (χ0n) is 19.9. The van der Waals surface area contributed by atoms with Gasteiger partial charge in [-0.05, 0) is 43.3 Å². The first kappa shape index (κ1) is 24.5. The molecular weight excluding hydrogens is 444 g/mol. The van der Waals surface area contributed by atoms with E-state index in [4.69, 9.17) is 9.84 Å². The number of aromatic amines is 1. The summed E-state index contributed by atoms with van der Waals surface area (Å²) in [6, 6.07) is 0.0476. The van der Waals surface area contributed by atoms with E-state index < -0.39 is 11.7 Å². The molecule has 0 spiro atoms. The van der Waals surface area contributed by atoms with Gasteiger partial charge in [-0.2, -0.15) is 0 Å². The lowest BCUT2D eigenvalue weighted by atomic mass is 9.90. The minimum atomic E-state index is -0.751. The van der Waals surface area contributed by atoms with E-state index in [1.165, 1.54) is 0 Å². The summed E-state index contributed by atoms with van der Waals surface area (Å²) in [4.78, 5) is 45.2. The molecule has 190 valence electrons. The van der Waals surface area contributed by atoms with Crippen LogP contribution in [0.3, 0.4) is 0 Å². The second kappa shape index (κ2) is 11.2. The first-order valence-electron chi connectivity index (χ1n) is 12.3. The van der Waals surface area contributed by atoms with Crippen molar-refractivity contribution in [3.63, 3.8) is 0 Å². The Hall–Kier alpha value is -2.60. The topological polar surface area (TPSA) is 135 Å². The number of nitrogens with zero attached hydrogens (tertiary/aromatic N) is 5. The lowest BCUT2D eigenvalue weighted by Crippen LogP contribution is -2.54. The van der Waals surface area contributed by atoms with Gasteiger partial charge in [0.2, 0.25) is 5.95 Å². The number of aliphatic carboxylic acids is 1. The lowest BCUT2D eigenvalue weighted by molar-refractivity contribution is -0.137. The fourth-order valence-corrected chi connectivity index (χ4v) is 5.35. The second-order valence-corrected chi connectivity index (χ2v) is 9.61. The van der Waals surface area contributed by atoms with Crippen LogP contribution in [-0.2, 0) is 9.53 Å². The van der Waals surface area contributed by atoms with E-state index >= 15 is 0 Å². The molecule has 1 amide bonds. The summed E-state index contributed by atoms with van der Waals surface area (Å²) in [5.41, 5.74) is 0. The van der Waals surface area contributed by atoms with E-state index in [-0.39, 0.29) is 24.8 Å². The van der Waals surface area contributed by atoms with Crippen LogP contribution in [0.5, 0.6) is 0 Å². The number of amides is 1. The molecule has 0 saturated carbocycles. The Labute approximate surface area is 198 Å². The Morgan fingerprint density at radius 2 is 1.82 bits per heavy atom. The predicted molar refractivity (Wildman–Crippen MR) is 123 cm³/mol. The van der Waals surface area contributed by atoms with Crippen LogP contribution < -0.4 is 10.7 Å². The van der Waals surface area contributed by atoms with Crippen LogP contribution in [0.15, 0.2) is 9.32 Å². The number of carbonyl (C=O) groups is 2. The molecule has 4 heterocycles. The minimum Gasteiger partial charge on any atom is -0.481 e. The van der Waals surface area contributed by atoms with Crippen molar-refractivity contribution < 1.29 is 24.0 Å². The Balaban J connectivity index is 1.19. The molecule has 2 N–H and O–H groups in total. The maximum absolute atomic E-state index is 12.3. The summed E-state index contributed by atoms with van der Waals surface area (Å²) in [5, 5.41) is 12.6. The molecule has 0 radical (unpaired) electrons. The fourth-order valence-electron chi connectivity index (χ4n) is 5.35. The van der Waals surface area contributed by atoms with Crippen LogP contribution in [0.2, 0.25) is 0 Å². The van der Waals surface area contributed by atoms with Gasteiger partial charge in [0, 0.05) is 52.7 Å². The smallest absolute Gasteiger partial charge is 0.440 e. The summed E-state index contributed by atoms with van der Waals surface area (Å²) in [6.07, 6.45) is 5.51. The molecule has 3 aliphatic heterocycles. The molecule has 34 heavy (non-hydrogen) atoms. The number of piperidine rings is 1. The third-order valence-electron chi connectivity index (χ3n) is 7.42. The van der Waals surface area contributed by atoms with Crippen molar-refractivity contribution in [3.05, 3.63) is 10.6 Å². The molecule has 0 aromatic carbocycles. The van der Waals surface area contributed by atoms with E-state index in [0.717, 1.165) is 77.9 Å². The predicted octanol–water partition coefficient (Wildman–Crippen LogP) is 1.01. The number of anilines is 1. The summed E-state index contributed by atoms with van der Waals surface area (Å²) >= 11 is 0. The highest BCUT2D eigenvalue weighted by molar-refractivity contribution is 5.70. The van der Waals surface area contributed by atoms with Crippen molar-refractivity contribution in [2.45, 2.75) is 57.2 Å². The number of likely N-dealkylation sites (N-methyl/N-ethyl adjacent to an activating group) is 1. The number of cyclic esters (lactones) is 1. The third-order valence-corrected chi connectivity index (χ3v) is 7.42. The van der Waals surface area contributed by atoms with Gasteiger partial charge in [-0.15, -0.1) is 0 Å². The van der Waals surface area contributed by atoms with Crippen molar-refractivity contribution in [1.29, 1.82) is 0 Å². The number of rotatable bonds is 10. The number of H-pyrrole nitrogens is 1. The Kier molecular flexibility index (Phi) is 8.09. The number of hydrogen-bond donors (Lipinski definition) is 2. The normalized spacial score (nSPS) is 25.1. The maximum atomic E-state index is 12.3. The SMILES string of the molecule is CN1C(=O)OC(N2CCN(CCCC(=O)O)CC2)C1CCCC1CCN(c2noc(=O)[nH]2)CC1. The van der Waals surface area contributed by atoms with Gasteiger partial charge in [0.1, 0.15) is 0 Å². The van der Waals surface area contributed by atoms with E-state index in [0.29, 0.717) is 18.3 Å². The number of ether oxygens (including phenoxy) is 1. The van der Waals surface area contributed by atoms with Gasteiger partial charge in [0.15, 0.2) is 6.23 Å². The van der Waals surface area contributed by atoms with E-state index in [2.05, 4.69) is 29.4 Å². The first-order chi connectivity index (χ1) is 16.4. The number of aromatic nitrogens is 2. The maximum Gasteiger partial charge on any atom is 0.440 e. The molecule has 12 nitrogen and oxygen atoms in total. The first-order valence-corrected chi connectivity index (χ1v) is 12.3. The zero-order chi connectivity index (χ0) is 24.1. The monoisotopic (exact) mass is 480 g/mol. The van der Waals surface area contributed by atoms with Gasteiger partial charge in [-0.1, -0.05) is 12.8 Å². The summed E-state index contributed by atoms with van der Waals surface area (Å²) < 4.78 is 10.3. The van der Waals surface area contributed by atoms with Gasteiger partial charge >= 0.3 is 17.8 Å². The number of carbonyl (C=O) groups excluding carboxylic acids is 1. The lowest BCUT2D eigenvalue weighted by Gasteiger charge is -2.39. The molecule has 2 unspecified atom stereocenters. The quantitative estimate of drug-likeness (QED) is 0.499. The molecule has 4 rings (SSSR count). The van der Waals surface area contributed by atoms with Gasteiger partial charge in [-0.25, -0.2) is 9.59 Å². The van der Waals surface area contributed by atoms with Crippen LogP contribution >= 0.6 is 0 Å². The van der Waals surface area contributed by atoms with Crippen molar-refractivity contribution in [2.75, 3.05) is 57.8 Å². The molecule has 12 heteroatoms. The van der Waals surface area contributed by atoms with Gasteiger partial charge in [-0.3, -0.25) is 19.2 Å². The van der Waals surface area contributed by atoms with Crippen LogP contribution in [-0.4, -0.2) is 107 Å². The van der Waals surface area contributed by atoms with Crippen LogP contribution in [0.1, 0.15) is 44.9 Å². The van der Waals surface area contributed by atoms with Crippen LogP contribution in [0.25, 0.3) is 0 Å². The van der Waals surface area contributed by atoms with E-state index in [9.17, 15) is 14.4 Å². The van der Waals surface area contributed by atoms with Crippen molar-refractivity contribution in [2.24, 2.45) is 5.92 Å². The van der Waals surface area contributed by atoms with Crippen molar-refractivity contribution in [3.8, 4) is 0 Å². The van der Waals surface area contributed by atoms with Gasteiger partial charge in [0.25, 0.3) is 0 Å². The summed E-state index contributed by atoms with van der Waals surface area (Å²) in [5.74, 6) is -0.148. The standard InChI is InChI=1S/C22H36N6O6/c1-25-17(5-2-4-16-7-10-28(11-8-16)20-23-21(31)34-24-20)19(33-22(25)32)27-14-12-26(13-15-27)9-3-6-18(29)30/h16-17,19H,2-15H2,1H3,(H,29,30)(H,23,24,31). The Morgan fingerprint density at radius 3 is 2.47 bits per heavy atom. The second-order valence-electron chi connectivity index (χ2n) is 9.61. The highest BCUT2D eigenvalue weighted by Gasteiger charge is 2.43. The highest BCUT2D eigenvalue weighted by Crippen LogP contribution is 2.29. The number of piperazine rings is 1. The molecule has 3 fully saturated rings. The van der Waals surface area contributed by atoms with Crippen molar-refractivity contribution in [1.82, 2.24) is 24.8 Å². The number of carboxylic acid groups (broad SMARTS) is 1. The largest absolute Gasteiger partial charge is 0.481 e. The number of carboxylic acids is 1. The molecule has 2 atom stereocenters. The van der Waals surface area contributed by atoms with Crippen LogP contribution in [0, 0.1) is 5.92 Å². The summed E-state index contributed by atoms with van der Waals surface area (Å²) in [7, 11) is 1.83. The number of nitrogens with one attached hydrogen (secondary N) is 1. The molecular formula is C22H36N6O6. The van der Waals surface area contributed by atoms with E-state index in [1.807, 2.05) is 7.05 Å². The fraction of sp³-hybridized carbons (Fsp3) is 0.818. The highest BCUT2D eigenvalue weighted by atomic mass is 16.6. The van der Waals surface area contributed by atoms with Gasteiger partial charge < -0.3 is 24.5 Å². The molecule has 0 bridgehead atoms. The van der Waals surface area contributed by atoms with Crippen molar-refractivity contribution >= 4 is 18.0 Å². The molecule has 3 aliphatic rings. The Bertz CT molecular complexity index is 873. The minimum absolute atomic E-state index is 0.0476. The Morgan fingerprint density at radius 1 is 1.09 bits per heavy atom. The average Bonchev–Trinajstić information content (AvgIpc) is 3.38. The zero-order valence-corrected chi connectivity index (χ0v) is 19.9. The molecule has 1 aromatic heterocycles. The van der Waals surface area contributed by atoms with E-state index in [1.54, 1.807) is 4.90 Å². The van der Waals surface area contributed by atoms with Gasteiger partial charge in [0.05, 0.1) is 6.04 Å². The molecule has 3 saturated heterocycles. The molecule has 1 aromatic rings. The third kappa shape index (κ3) is 6.09.